The zero-order valence-corrected chi connectivity index (χ0v) is 16.1. The Morgan fingerprint density at radius 1 is 1.18 bits per heavy atom. The SMILES string of the molecule is CCOc1ccc(-c2nnc(SCC(=O)Nc3cc(F)ccc3F)n2C)cc1. The highest BCUT2D eigenvalue weighted by molar-refractivity contribution is 7.99. The first-order valence-electron chi connectivity index (χ1n) is 8.48. The molecule has 0 fully saturated rings. The van der Waals surface area contributed by atoms with Crippen LogP contribution in [0.4, 0.5) is 14.5 Å². The van der Waals surface area contributed by atoms with Crippen molar-refractivity contribution < 1.29 is 18.3 Å². The number of hydrogen-bond acceptors (Lipinski definition) is 5. The molecule has 0 saturated carbocycles. The summed E-state index contributed by atoms with van der Waals surface area (Å²) in [4.78, 5) is 12.0. The first kappa shape index (κ1) is 19.8. The fraction of sp³-hybridized carbons (Fsp3) is 0.211. The molecule has 0 unspecified atom stereocenters. The van der Waals surface area contributed by atoms with E-state index in [9.17, 15) is 13.6 Å². The van der Waals surface area contributed by atoms with Crippen LogP contribution in [0.25, 0.3) is 11.4 Å². The number of nitrogens with zero attached hydrogens (tertiary/aromatic N) is 3. The summed E-state index contributed by atoms with van der Waals surface area (Å²) in [7, 11) is 1.79. The minimum atomic E-state index is -0.698. The average molecular weight is 404 g/mol. The third-order valence-corrected chi connectivity index (χ3v) is 4.81. The molecule has 1 N–H and O–H groups in total. The Hall–Kier alpha value is -2.94. The van der Waals surface area contributed by atoms with E-state index in [1.165, 1.54) is 0 Å². The number of anilines is 1. The zero-order chi connectivity index (χ0) is 20.1. The molecule has 0 saturated heterocycles. The molecule has 0 aliphatic heterocycles. The summed E-state index contributed by atoms with van der Waals surface area (Å²) in [6, 6.07) is 10.3. The highest BCUT2D eigenvalue weighted by atomic mass is 32.2. The van der Waals surface area contributed by atoms with Gasteiger partial charge in [-0.15, -0.1) is 10.2 Å². The van der Waals surface area contributed by atoms with Gasteiger partial charge in [0, 0.05) is 18.7 Å². The minimum Gasteiger partial charge on any atom is -0.494 e. The molecule has 0 radical (unpaired) electrons. The Labute approximate surface area is 164 Å². The van der Waals surface area contributed by atoms with Gasteiger partial charge in [-0.3, -0.25) is 4.79 Å². The fourth-order valence-electron chi connectivity index (χ4n) is 2.47. The van der Waals surface area contributed by atoms with Crippen molar-refractivity contribution in [3.63, 3.8) is 0 Å². The molecule has 1 amide bonds. The van der Waals surface area contributed by atoms with Crippen LogP contribution >= 0.6 is 11.8 Å². The number of hydrogen-bond donors (Lipinski definition) is 1. The van der Waals surface area contributed by atoms with Gasteiger partial charge in [-0.2, -0.15) is 0 Å². The molecule has 3 aromatic rings. The summed E-state index contributed by atoms with van der Waals surface area (Å²) in [6.07, 6.45) is 0. The Balaban J connectivity index is 1.64. The van der Waals surface area contributed by atoms with Crippen molar-refractivity contribution >= 4 is 23.4 Å². The van der Waals surface area contributed by atoms with Gasteiger partial charge in [0.25, 0.3) is 0 Å². The van der Waals surface area contributed by atoms with Gasteiger partial charge in [0.05, 0.1) is 18.0 Å². The lowest BCUT2D eigenvalue weighted by atomic mass is 10.2. The molecule has 2 aromatic carbocycles. The highest BCUT2D eigenvalue weighted by Gasteiger charge is 2.14. The molecule has 6 nitrogen and oxygen atoms in total. The maximum Gasteiger partial charge on any atom is 0.234 e. The molecule has 9 heteroatoms. The van der Waals surface area contributed by atoms with Crippen LogP contribution in [0.5, 0.6) is 5.75 Å². The first-order chi connectivity index (χ1) is 13.5. The van der Waals surface area contributed by atoms with Gasteiger partial charge >= 0.3 is 0 Å². The number of rotatable bonds is 7. The Bertz CT molecular complexity index is 977. The van der Waals surface area contributed by atoms with Gasteiger partial charge in [0.1, 0.15) is 17.4 Å². The van der Waals surface area contributed by atoms with E-state index in [1.807, 2.05) is 31.2 Å². The molecule has 3 rings (SSSR count). The number of aromatic nitrogens is 3. The minimum absolute atomic E-state index is 0.0226. The number of carbonyl (C=O) groups excluding carboxylic acids is 1. The van der Waals surface area contributed by atoms with Crippen LogP contribution in [0.3, 0.4) is 0 Å². The van der Waals surface area contributed by atoms with Gasteiger partial charge in [0.15, 0.2) is 11.0 Å². The molecule has 0 bridgehead atoms. The van der Waals surface area contributed by atoms with Crippen LogP contribution in [-0.2, 0) is 11.8 Å². The molecular weight excluding hydrogens is 386 g/mol. The molecule has 1 heterocycles. The second-order valence-electron chi connectivity index (χ2n) is 5.78. The largest absolute Gasteiger partial charge is 0.494 e. The second-order valence-corrected chi connectivity index (χ2v) is 6.73. The molecule has 28 heavy (non-hydrogen) atoms. The zero-order valence-electron chi connectivity index (χ0n) is 15.3. The molecule has 0 spiro atoms. The topological polar surface area (TPSA) is 69.0 Å². The van der Waals surface area contributed by atoms with E-state index in [1.54, 1.807) is 11.6 Å². The van der Waals surface area contributed by atoms with Crippen LogP contribution in [0, 0.1) is 11.6 Å². The lowest BCUT2D eigenvalue weighted by molar-refractivity contribution is -0.113. The van der Waals surface area contributed by atoms with Gasteiger partial charge < -0.3 is 14.6 Å². The third kappa shape index (κ3) is 4.66. The summed E-state index contributed by atoms with van der Waals surface area (Å²) >= 11 is 1.15. The van der Waals surface area contributed by atoms with Crippen LogP contribution in [0.1, 0.15) is 6.92 Å². The Morgan fingerprint density at radius 2 is 1.93 bits per heavy atom. The molecule has 1 aromatic heterocycles. The number of thioether (sulfide) groups is 1. The van der Waals surface area contributed by atoms with Crippen molar-refractivity contribution in [3.8, 4) is 17.1 Å². The number of benzene rings is 2. The van der Waals surface area contributed by atoms with Crippen molar-refractivity contribution in [3.05, 3.63) is 54.1 Å². The number of halogens is 2. The normalized spacial score (nSPS) is 10.7. The van der Waals surface area contributed by atoms with E-state index < -0.39 is 17.5 Å². The fourth-order valence-corrected chi connectivity index (χ4v) is 3.18. The molecule has 0 aliphatic rings. The predicted octanol–water partition coefficient (Wildman–Crippen LogP) is 3.89. The maximum absolute atomic E-state index is 13.6. The number of ether oxygens (including phenoxy) is 1. The van der Waals surface area contributed by atoms with Crippen molar-refractivity contribution in [2.75, 3.05) is 17.7 Å². The number of amides is 1. The van der Waals surface area contributed by atoms with Crippen molar-refractivity contribution in [2.45, 2.75) is 12.1 Å². The molecule has 0 atom stereocenters. The molecule has 146 valence electrons. The average Bonchev–Trinajstić information content (AvgIpc) is 3.04. The van der Waals surface area contributed by atoms with Crippen LogP contribution in [0.15, 0.2) is 47.6 Å². The maximum atomic E-state index is 13.6. The van der Waals surface area contributed by atoms with Gasteiger partial charge in [-0.25, -0.2) is 8.78 Å². The first-order valence-corrected chi connectivity index (χ1v) is 9.46. The molecule has 0 aliphatic carbocycles. The Kier molecular flexibility index (Phi) is 6.25. The summed E-state index contributed by atoms with van der Waals surface area (Å²) in [6.45, 7) is 2.50. The Morgan fingerprint density at radius 3 is 2.64 bits per heavy atom. The third-order valence-electron chi connectivity index (χ3n) is 3.79. The van der Waals surface area contributed by atoms with Gasteiger partial charge in [0.2, 0.25) is 5.91 Å². The van der Waals surface area contributed by atoms with E-state index in [2.05, 4.69) is 15.5 Å². The standard InChI is InChI=1S/C19H18F2N4O2S/c1-3-27-14-7-4-12(5-8-14)18-23-24-19(25(18)2)28-11-17(26)22-16-10-13(20)6-9-15(16)21/h4-10H,3,11H2,1-2H3,(H,22,26). The van der Waals surface area contributed by atoms with E-state index >= 15 is 0 Å². The smallest absolute Gasteiger partial charge is 0.234 e. The van der Waals surface area contributed by atoms with Crippen molar-refractivity contribution in [1.82, 2.24) is 14.8 Å². The summed E-state index contributed by atoms with van der Waals surface area (Å²) < 4.78 is 34.0. The second kappa shape index (κ2) is 8.83. The highest BCUT2D eigenvalue weighted by Crippen LogP contribution is 2.25. The van der Waals surface area contributed by atoms with Crippen molar-refractivity contribution in [1.29, 1.82) is 0 Å². The van der Waals surface area contributed by atoms with Crippen LogP contribution < -0.4 is 10.1 Å². The van der Waals surface area contributed by atoms with E-state index in [0.717, 1.165) is 41.3 Å². The van der Waals surface area contributed by atoms with Crippen LogP contribution in [0.2, 0.25) is 0 Å². The van der Waals surface area contributed by atoms with Gasteiger partial charge in [-0.05, 0) is 43.3 Å². The molecular formula is C19H18F2N4O2S. The number of nitrogens with one attached hydrogen (secondary N) is 1. The lowest BCUT2D eigenvalue weighted by Gasteiger charge is -2.07. The van der Waals surface area contributed by atoms with E-state index in [-0.39, 0.29) is 11.4 Å². The van der Waals surface area contributed by atoms with Crippen molar-refractivity contribution in [2.24, 2.45) is 7.05 Å². The van der Waals surface area contributed by atoms with E-state index in [0.29, 0.717) is 17.6 Å². The lowest BCUT2D eigenvalue weighted by Crippen LogP contribution is -2.15. The van der Waals surface area contributed by atoms with Crippen LogP contribution in [-0.4, -0.2) is 33.0 Å². The van der Waals surface area contributed by atoms with Gasteiger partial charge in [-0.1, -0.05) is 11.8 Å². The summed E-state index contributed by atoms with van der Waals surface area (Å²) in [5, 5.41) is 11.1. The monoisotopic (exact) mass is 404 g/mol. The quantitative estimate of drug-likeness (QED) is 0.605. The summed E-state index contributed by atoms with van der Waals surface area (Å²) in [5.74, 6) is -0.411. The number of carbonyl (C=O) groups is 1. The van der Waals surface area contributed by atoms with E-state index in [4.69, 9.17) is 4.74 Å². The summed E-state index contributed by atoms with van der Waals surface area (Å²) in [5.41, 5.74) is 0.662. The predicted molar refractivity (Wildman–Crippen MR) is 103 cm³/mol.